The van der Waals surface area contributed by atoms with Crippen LogP contribution in [-0.4, -0.2) is 11.5 Å². The summed E-state index contributed by atoms with van der Waals surface area (Å²) in [7, 11) is 0. The highest BCUT2D eigenvalue weighted by Gasteiger charge is 2.32. The molecule has 0 heterocycles. The van der Waals surface area contributed by atoms with E-state index in [-0.39, 0.29) is 12.0 Å². The van der Waals surface area contributed by atoms with Gasteiger partial charge in [0.25, 0.3) is 0 Å². The number of alkyl halides is 3. The Kier molecular flexibility index (Phi) is 3.74. The molecule has 16 heavy (non-hydrogen) atoms. The van der Waals surface area contributed by atoms with Crippen molar-refractivity contribution in [2.45, 2.75) is 18.9 Å². The Hall–Kier alpha value is -1.74. The molecule has 1 N–H and O–H groups in total. The summed E-state index contributed by atoms with van der Waals surface area (Å²) >= 11 is 0. The number of rotatable bonds is 3. The lowest BCUT2D eigenvalue weighted by Gasteiger charge is -2.15. The van der Waals surface area contributed by atoms with Gasteiger partial charge in [0, 0.05) is 5.56 Å². The summed E-state index contributed by atoms with van der Waals surface area (Å²) in [4.78, 5) is 0. The van der Waals surface area contributed by atoms with E-state index in [2.05, 4.69) is 4.74 Å². The summed E-state index contributed by atoms with van der Waals surface area (Å²) in [6.07, 6.45) is -6.40. The van der Waals surface area contributed by atoms with Gasteiger partial charge in [-0.1, -0.05) is 18.2 Å². The van der Waals surface area contributed by atoms with Crippen molar-refractivity contribution in [3.8, 4) is 11.8 Å². The first kappa shape index (κ1) is 12.3. The van der Waals surface area contributed by atoms with E-state index in [0.29, 0.717) is 0 Å². The van der Waals surface area contributed by atoms with Crippen molar-refractivity contribution < 1.29 is 23.0 Å². The molecule has 0 amide bonds. The zero-order valence-electron chi connectivity index (χ0n) is 8.03. The first-order valence-corrected chi connectivity index (χ1v) is 4.33. The predicted octanol–water partition coefficient (Wildman–Crippen LogP) is 2.53. The van der Waals surface area contributed by atoms with Crippen molar-refractivity contribution in [1.82, 2.24) is 0 Å². The molecule has 0 saturated carbocycles. The number of aliphatic hydroxyl groups excluding tert-OH is 1. The number of para-hydroxylation sites is 1. The molecule has 0 aliphatic rings. The summed E-state index contributed by atoms with van der Waals surface area (Å²) in [5.41, 5.74) is -0.0543. The Morgan fingerprint density at radius 1 is 1.38 bits per heavy atom. The van der Waals surface area contributed by atoms with E-state index in [1.54, 1.807) is 6.07 Å². The van der Waals surface area contributed by atoms with Crippen LogP contribution in [0.1, 0.15) is 18.1 Å². The maximum atomic E-state index is 12.0. The molecule has 1 aromatic carbocycles. The van der Waals surface area contributed by atoms with Gasteiger partial charge in [-0.3, -0.25) is 0 Å². The fraction of sp³-hybridized carbons (Fsp3) is 0.300. The van der Waals surface area contributed by atoms with Crippen LogP contribution in [0.2, 0.25) is 0 Å². The smallest absolute Gasteiger partial charge is 0.405 e. The lowest BCUT2D eigenvalue weighted by Crippen LogP contribution is -2.18. The molecule has 0 bridgehead atoms. The molecule has 0 aliphatic heterocycles. The van der Waals surface area contributed by atoms with Gasteiger partial charge >= 0.3 is 6.36 Å². The molecule has 0 saturated heterocycles. The van der Waals surface area contributed by atoms with Crippen molar-refractivity contribution in [2.24, 2.45) is 0 Å². The lowest BCUT2D eigenvalue weighted by molar-refractivity contribution is -0.275. The van der Waals surface area contributed by atoms with Crippen LogP contribution in [0.4, 0.5) is 13.2 Å². The summed E-state index contributed by atoms with van der Waals surface area (Å²) < 4.78 is 39.7. The first-order chi connectivity index (χ1) is 7.44. The third-order valence-electron chi connectivity index (χ3n) is 1.79. The Labute approximate surface area is 89.7 Å². The second-order valence-electron chi connectivity index (χ2n) is 2.96. The number of nitrogens with zero attached hydrogens (tertiary/aromatic N) is 1. The van der Waals surface area contributed by atoms with Gasteiger partial charge in [0.2, 0.25) is 0 Å². The van der Waals surface area contributed by atoms with E-state index in [1.807, 2.05) is 0 Å². The Morgan fingerprint density at radius 2 is 2.00 bits per heavy atom. The van der Waals surface area contributed by atoms with E-state index in [9.17, 15) is 18.3 Å². The number of hydrogen-bond acceptors (Lipinski definition) is 3. The average Bonchev–Trinajstić information content (AvgIpc) is 2.16. The molecule has 1 rings (SSSR count). The molecular formula is C10H8F3NO2. The lowest BCUT2D eigenvalue weighted by atomic mass is 10.1. The molecule has 0 aromatic heterocycles. The normalized spacial score (nSPS) is 12.9. The zero-order chi connectivity index (χ0) is 12.2. The van der Waals surface area contributed by atoms with E-state index in [1.165, 1.54) is 18.2 Å². The second-order valence-corrected chi connectivity index (χ2v) is 2.96. The van der Waals surface area contributed by atoms with Crippen molar-refractivity contribution in [3.63, 3.8) is 0 Å². The number of aliphatic hydroxyl groups is 1. The van der Waals surface area contributed by atoms with Crippen molar-refractivity contribution in [3.05, 3.63) is 29.8 Å². The number of hydrogen-bond donors (Lipinski definition) is 1. The van der Waals surface area contributed by atoms with E-state index in [4.69, 9.17) is 5.26 Å². The van der Waals surface area contributed by atoms with Crippen LogP contribution < -0.4 is 4.74 Å². The SMILES string of the molecule is N#CCC(O)c1ccccc1OC(F)(F)F. The fourth-order valence-electron chi connectivity index (χ4n) is 1.17. The predicted molar refractivity (Wildman–Crippen MR) is 48.3 cm³/mol. The standard InChI is InChI=1S/C10H8F3NO2/c11-10(12,13)16-9-4-2-1-3-7(9)8(15)5-6-14/h1-4,8,15H,5H2. The monoisotopic (exact) mass is 231 g/mol. The fourth-order valence-corrected chi connectivity index (χ4v) is 1.17. The minimum atomic E-state index is -4.82. The van der Waals surface area contributed by atoms with E-state index < -0.39 is 18.2 Å². The van der Waals surface area contributed by atoms with Gasteiger partial charge in [-0.25, -0.2) is 0 Å². The largest absolute Gasteiger partial charge is 0.573 e. The number of benzene rings is 1. The maximum Gasteiger partial charge on any atom is 0.573 e. The zero-order valence-corrected chi connectivity index (χ0v) is 8.03. The van der Waals surface area contributed by atoms with Crippen LogP contribution in [0.25, 0.3) is 0 Å². The van der Waals surface area contributed by atoms with Gasteiger partial charge in [0.15, 0.2) is 0 Å². The van der Waals surface area contributed by atoms with E-state index in [0.717, 1.165) is 6.07 Å². The highest BCUT2D eigenvalue weighted by Crippen LogP contribution is 2.31. The molecule has 0 fully saturated rings. The molecule has 1 unspecified atom stereocenters. The highest BCUT2D eigenvalue weighted by molar-refractivity contribution is 5.35. The Bertz CT molecular complexity index is 398. The van der Waals surface area contributed by atoms with Crippen molar-refractivity contribution >= 4 is 0 Å². The number of nitriles is 1. The second kappa shape index (κ2) is 4.86. The van der Waals surface area contributed by atoms with Crippen LogP contribution in [0, 0.1) is 11.3 Å². The van der Waals surface area contributed by atoms with Gasteiger partial charge in [-0.15, -0.1) is 13.2 Å². The molecule has 6 heteroatoms. The summed E-state index contributed by atoms with van der Waals surface area (Å²) in [5.74, 6) is -0.488. The van der Waals surface area contributed by atoms with Gasteiger partial charge in [-0.2, -0.15) is 5.26 Å². The summed E-state index contributed by atoms with van der Waals surface area (Å²) in [6.45, 7) is 0. The van der Waals surface area contributed by atoms with Gasteiger partial charge in [-0.05, 0) is 6.07 Å². The number of ether oxygens (including phenoxy) is 1. The van der Waals surface area contributed by atoms with Gasteiger partial charge in [0.05, 0.1) is 18.6 Å². The molecule has 3 nitrogen and oxygen atoms in total. The van der Waals surface area contributed by atoms with Gasteiger partial charge < -0.3 is 9.84 Å². The molecule has 1 atom stereocenters. The number of halogens is 3. The summed E-state index contributed by atoms with van der Waals surface area (Å²) in [5, 5.41) is 17.8. The van der Waals surface area contributed by atoms with E-state index >= 15 is 0 Å². The first-order valence-electron chi connectivity index (χ1n) is 4.33. The molecule has 0 radical (unpaired) electrons. The van der Waals surface area contributed by atoms with Gasteiger partial charge in [0.1, 0.15) is 5.75 Å². The third-order valence-corrected chi connectivity index (χ3v) is 1.79. The average molecular weight is 231 g/mol. The van der Waals surface area contributed by atoms with Crippen LogP contribution in [-0.2, 0) is 0 Å². The molecule has 1 aromatic rings. The maximum absolute atomic E-state index is 12.0. The Morgan fingerprint density at radius 3 is 2.56 bits per heavy atom. The molecule has 86 valence electrons. The van der Waals surface area contributed by atoms with Crippen molar-refractivity contribution in [1.29, 1.82) is 5.26 Å². The van der Waals surface area contributed by atoms with Crippen LogP contribution in [0.5, 0.6) is 5.75 Å². The Balaban J connectivity index is 2.97. The minimum absolute atomic E-state index is 0.0543. The minimum Gasteiger partial charge on any atom is -0.405 e. The van der Waals surface area contributed by atoms with Crippen LogP contribution >= 0.6 is 0 Å². The third kappa shape index (κ3) is 3.44. The molecular weight excluding hydrogens is 223 g/mol. The topological polar surface area (TPSA) is 53.2 Å². The van der Waals surface area contributed by atoms with Crippen molar-refractivity contribution in [2.75, 3.05) is 0 Å². The quantitative estimate of drug-likeness (QED) is 0.869. The van der Waals surface area contributed by atoms with Crippen LogP contribution in [0.3, 0.4) is 0 Å². The summed E-state index contributed by atoms with van der Waals surface area (Å²) in [6, 6.07) is 6.85. The van der Waals surface area contributed by atoms with Crippen LogP contribution in [0.15, 0.2) is 24.3 Å². The molecule has 0 spiro atoms. The highest BCUT2D eigenvalue weighted by atomic mass is 19.4. The molecule has 0 aliphatic carbocycles.